The van der Waals surface area contributed by atoms with Crippen LogP contribution < -0.4 is 5.32 Å². The van der Waals surface area contributed by atoms with E-state index >= 15 is 0 Å². The number of benzene rings is 1. The molecule has 4 nitrogen and oxygen atoms in total. The summed E-state index contributed by atoms with van der Waals surface area (Å²) in [6.45, 7) is 2.39. The van der Waals surface area contributed by atoms with E-state index < -0.39 is 11.7 Å². The zero-order valence-corrected chi connectivity index (χ0v) is 13.3. The largest absolute Gasteiger partial charge is 0.416 e. The third-order valence-electron chi connectivity index (χ3n) is 3.29. The molecule has 0 bridgehead atoms. The summed E-state index contributed by atoms with van der Waals surface area (Å²) in [5, 5.41) is 11.8. The van der Waals surface area contributed by atoms with Crippen LogP contribution in [-0.2, 0) is 25.5 Å². The zero-order chi connectivity index (χ0) is 16.3. The molecule has 0 saturated heterocycles. The van der Waals surface area contributed by atoms with Gasteiger partial charge in [-0.1, -0.05) is 17.8 Å². The molecule has 0 fully saturated rings. The highest BCUT2D eigenvalue weighted by molar-refractivity contribution is 7.98. The lowest BCUT2D eigenvalue weighted by atomic mass is 10.1. The Bertz CT molecular complexity index is 652. The first-order chi connectivity index (χ1) is 10.3. The highest BCUT2D eigenvalue weighted by Crippen LogP contribution is 2.32. The van der Waals surface area contributed by atoms with Crippen molar-refractivity contribution in [2.24, 2.45) is 7.05 Å². The van der Waals surface area contributed by atoms with Gasteiger partial charge in [-0.2, -0.15) is 13.2 Å². The summed E-state index contributed by atoms with van der Waals surface area (Å²) in [6.07, 6.45) is -4.32. The molecule has 1 aromatic heterocycles. The molecule has 0 unspecified atom stereocenters. The van der Waals surface area contributed by atoms with Crippen LogP contribution in [-0.4, -0.2) is 21.8 Å². The van der Waals surface area contributed by atoms with Crippen LogP contribution in [0.2, 0.25) is 0 Å². The number of rotatable bonds is 5. The van der Waals surface area contributed by atoms with Gasteiger partial charge in [0.25, 0.3) is 0 Å². The lowest BCUT2D eigenvalue weighted by Gasteiger charge is -2.11. The average Bonchev–Trinajstić information content (AvgIpc) is 2.78. The predicted molar refractivity (Wildman–Crippen MR) is 79.5 cm³/mol. The molecular weight excluding hydrogens is 313 g/mol. The average molecular weight is 330 g/mol. The Hall–Kier alpha value is -1.54. The lowest BCUT2D eigenvalue weighted by Crippen LogP contribution is -2.10. The van der Waals surface area contributed by atoms with Crippen LogP contribution in [0, 0.1) is 6.92 Å². The Balaban J connectivity index is 2.14. The van der Waals surface area contributed by atoms with E-state index in [9.17, 15) is 13.2 Å². The molecule has 0 aliphatic heterocycles. The van der Waals surface area contributed by atoms with Crippen molar-refractivity contribution in [1.82, 2.24) is 20.1 Å². The van der Waals surface area contributed by atoms with E-state index in [2.05, 4.69) is 15.5 Å². The minimum Gasteiger partial charge on any atom is -0.313 e. The van der Waals surface area contributed by atoms with Gasteiger partial charge in [0.2, 0.25) is 0 Å². The molecule has 1 aromatic carbocycles. The molecule has 0 amide bonds. The molecule has 1 heterocycles. The summed E-state index contributed by atoms with van der Waals surface area (Å²) in [6, 6.07) is 3.81. The summed E-state index contributed by atoms with van der Waals surface area (Å²) in [7, 11) is 3.65. The molecule has 2 rings (SSSR count). The van der Waals surface area contributed by atoms with E-state index in [0.29, 0.717) is 23.0 Å². The van der Waals surface area contributed by atoms with Gasteiger partial charge in [-0.05, 0) is 37.2 Å². The summed E-state index contributed by atoms with van der Waals surface area (Å²) in [4.78, 5) is 0. The third-order valence-corrected chi connectivity index (χ3v) is 4.36. The fourth-order valence-electron chi connectivity index (χ4n) is 1.93. The second-order valence-corrected chi connectivity index (χ2v) is 5.86. The van der Waals surface area contributed by atoms with E-state index in [1.165, 1.54) is 23.9 Å². The van der Waals surface area contributed by atoms with Crippen molar-refractivity contribution in [3.05, 3.63) is 40.7 Å². The van der Waals surface area contributed by atoms with E-state index in [1.54, 1.807) is 6.92 Å². The molecular formula is C14H17F3N4S. The number of thioether (sulfide) groups is 1. The van der Waals surface area contributed by atoms with Gasteiger partial charge in [0.1, 0.15) is 5.82 Å². The maximum Gasteiger partial charge on any atom is 0.416 e. The van der Waals surface area contributed by atoms with Crippen molar-refractivity contribution < 1.29 is 13.2 Å². The first-order valence-electron chi connectivity index (χ1n) is 6.65. The Kier molecular flexibility index (Phi) is 5.12. The van der Waals surface area contributed by atoms with E-state index in [1.807, 2.05) is 18.7 Å². The summed E-state index contributed by atoms with van der Waals surface area (Å²) < 4.78 is 40.2. The Labute approximate surface area is 131 Å². The lowest BCUT2D eigenvalue weighted by molar-refractivity contribution is -0.137. The topological polar surface area (TPSA) is 42.7 Å². The highest BCUT2D eigenvalue weighted by atomic mass is 32.2. The number of hydrogen-bond acceptors (Lipinski definition) is 4. The van der Waals surface area contributed by atoms with Gasteiger partial charge in [0.15, 0.2) is 5.16 Å². The second kappa shape index (κ2) is 6.70. The molecule has 0 atom stereocenters. The minimum atomic E-state index is -4.32. The van der Waals surface area contributed by atoms with Gasteiger partial charge in [-0.15, -0.1) is 10.2 Å². The third kappa shape index (κ3) is 3.80. The van der Waals surface area contributed by atoms with Crippen LogP contribution in [0.4, 0.5) is 13.2 Å². The molecule has 22 heavy (non-hydrogen) atoms. The van der Waals surface area contributed by atoms with Crippen molar-refractivity contribution in [1.29, 1.82) is 0 Å². The second-order valence-electron chi connectivity index (χ2n) is 4.92. The normalized spacial score (nSPS) is 11.9. The number of alkyl halides is 3. The monoisotopic (exact) mass is 330 g/mol. The summed E-state index contributed by atoms with van der Waals surface area (Å²) >= 11 is 1.37. The molecule has 0 spiro atoms. The minimum absolute atomic E-state index is 0.418. The van der Waals surface area contributed by atoms with Crippen LogP contribution in [0.3, 0.4) is 0 Å². The predicted octanol–water partition coefficient (Wildman–Crippen LogP) is 3.15. The van der Waals surface area contributed by atoms with Crippen molar-refractivity contribution in [3.63, 3.8) is 0 Å². The smallest absolute Gasteiger partial charge is 0.313 e. The van der Waals surface area contributed by atoms with E-state index in [4.69, 9.17) is 0 Å². The van der Waals surface area contributed by atoms with Gasteiger partial charge < -0.3 is 9.88 Å². The highest BCUT2D eigenvalue weighted by Gasteiger charge is 2.30. The molecule has 0 radical (unpaired) electrons. The van der Waals surface area contributed by atoms with Crippen LogP contribution >= 0.6 is 11.8 Å². The molecule has 2 aromatic rings. The first kappa shape index (κ1) is 16.8. The van der Waals surface area contributed by atoms with Crippen LogP contribution in [0.5, 0.6) is 0 Å². The van der Waals surface area contributed by atoms with Crippen LogP contribution in [0.1, 0.15) is 22.5 Å². The van der Waals surface area contributed by atoms with Crippen LogP contribution in [0.25, 0.3) is 0 Å². The van der Waals surface area contributed by atoms with Gasteiger partial charge in [0, 0.05) is 12.8 Å². The number of aromatic nitrogens is 3. The molecule has 120 valence electrons. The van der Waals surface area contributed by atoms with Crippen molar-refractivity contribution >= 4 is 11.8 Å². The number of aryl methyl sites for hydroxylation is 1. The molecule has 1 N–H and O–H groups in total. The maximum absolute atomic E-state index is 12.8. The molecule has 0 saturated carbocycles. The van der Waals surface area contributed by atoms with E-state index in [0.717, 1.165) is 17.5 Å². The van der Waals surface area contributed by atoms with Gasteiger partial charge in [-0.3, -0.25) is 0 Å². The Morgan fingerprint density at radius 2 is 2.00 bits per heavy atom. The zero-order valence-electron chi connectivity index (χ0n) is 12.5. The summed E-state index contributed by atoms with van der Waals surface area (Å²) in [5.41, 5.74) is 0.860. The van der Waals surface area contributed by atoms with Gasteiger partial charge in [0.05, 0.1) is 12.1 Å². The fraction of sp³-hybridized carbons (Fsp3) is 0.429. The molecule has 8 heteroatoms. The number of halogens is 3. The maximum atomic E-state index is 12.8. The number of nitrogens with one attached hydrogen (secondary N) is 1. The first-order valence-corrected chi connectivity index (χ1v) is 7.64. The number of nitrogens with zero attached hydrogens (tertiary/aromatic N) is 3. The molecule has 0 aliphatic rings. The van der Waals surface area contributed by atoms with Crippen molar-refractivity contribution in [3.8, 4) is 0 Å². The standard InChI is InChI=1S/C14H17F3N4S/c1-9-4-5-11(14(15,16)17)6-10(9)8-22-13-20-19-12(7-18-2)21(13)3/h4-6,18H,7-8H2,1-3H3. The molecule has 0 aliphatic carbocycles. The van der Waals surface area contributed by atoms with Gasteiger partial charge >= 0.3 is 6.18 Å². The van der Waals surface area contributed by atoms with Gasteiger partial charge in [-0.25, -0.2) is 0 Å². The SMILES string of the molecule is CNCc1nnc(SCc2cc(C(F)(F)F)ccc2C)n1C. The number of hydrogen-bond donors (Lipinski definition) is 1. The quantitative estimate of drug-likeness (QED) is 0.855. The summed E-state index contributed by atoms with van der Waals surface area (Å²) in [5.74, 6) is 1.20. The van der Waals surface area contributed by atoms with Crippen molar-refractivity contribution in [2.75, 3.05) is 7.05 Å². The Morgan fingerprint density at radius 1 is 1.27 bits per heavy atom. The van der Waals surface area contributed by atoms with Crippen molar-refractivity contribution in [2.45, 2.75) is 30.6 Å². The Morgan fingerprint density at radius 3 is 2.64 bits per heavy atom. The fourth-order valence-corrected chi connectivity index (χ4v) is 2.92. The van der Waals surface area contributed by atoms with Crippen LogP contribution in [0.15, 0.2) is 23.4 Å². The van der Waals surface area contributed by atoms with E-state index in [-0.39, 0.29) is 0 Å².